The van der Waals surface area contributed by atoms with Gasteiger partial charge in [0, 0.05) is 30.3 Å². The molecule has 86 valence electrons. The van der Waals surface area contributed by atoms with Gasteiger partial charge in [0.05, 0.1) is 0 Å². The molecule has 3 N–H and O–H groups in total. The van der Waals surface area contributed by atoms with Gasteiger partial charge in [-0.25, -0.2) is 0 Å². The fourth-order valence-corrected chi connectivity index (χ4v) is 1.48. The van der Waals surface area contributed by atoms with E-state index in [0.717, 1.165) is 29.1 Å². The molecule has 3 heteroatoms. The van der Waals surface area contributed by atoms with Crippen molar-refractivity contribution >= 4 is 17.6 Å². The molecule has 0 aliphatic heterocycles. The van der Waals surface area contributed by atoms with Crippen LogP contribution in [0.1, 0.15) is 18.9 Å². The molecular weight excluding hydrogens is 198 g/mol. The molecule has 16 heavy (non-hydrogen) atoms. The summed E-state index contributed by atoms with van der Waals surface area (Å²) in [5.74, 6) is 0. The molecule has 0 radical (unpaired) electrons. The van der Waals surface area contributed by atoms with Crippen LogP contribution in [0.5, 0.6) is 0 Å². The van der Waals surface area contributed by atoms with Crippen molar-refractivity contribution in [2.24, 2.45) is 4.99 Å². The van der Waals surface area contributed by atoms with Crippen molar-refractivity contribution in [3.05, 3.63) is 35.5 Å². The molecule has 0 spiro atoms. The smallest absolute Gasteiger partial charge is 0.0405 e. The number of hydrogen-bond acceptors (Lipinski definition) is 3. The van der Waals surface area contributed by atoms with E-state index >= 15 is 0 Å². The van der Waals surface area contributed by atoms with Gasteiger partial charge >= 0.3 is 0 Å². The summed E-state index contributed by atoms with van der Waals surface area (Å²) in [6.45, 7) is 4.13. The molecule has 0 saturated heterocycles. The summed E-state index contributed by atoms with van der Waals surface area (Å²) in [6.07, 6.45) is 4.68. The lowest BCUT2D eigenvalue weighted by Gasteiger charge is -2.10. The largest absolute Gasteiger partial charge is 0.399 e. The van der Waals surface area contributed by atoms with Gasteiger partial charge in [-0.15, -0.1) is 0 Å². The van der Waals surface area contributed by atoms with E-state index in [0.29, 0.717) is 0 Å². The fourth-order valence-electron chi connectivity index (χ4n) is 1.48. The predicted molar refractivity (Wildman–Crippen MR) is 72.0 cm³/mol. The highest BCUT2D eigenvalue weighted by Gasteiger charge is 1.97. The normalized spacial score (nSPS) is 12.1. The molecule has 3 nitrogen and oxygen atoms in total. The molecule has 1 aromatic carbocycles. The molecule has 0 bridgehead atoms. The van der Waals surface area contributed by atoms with Crippen molar-refractivity contribution in [1.82, 2.24) is 0 Å². The van der Waals surface area contributed by atoms with E-state index in [9.17, 15) is 0 Å². The maximum atomic E-state index is 5.79. The van der Waals surface area contributed by atoms with Gasteiger partial charge < -0.3 is 11.1 Å². The molecule has 0 aromatic heterocycles. The summed E-state index contributed by atoms with van der Waals surface area (Å²) >= 11 is 0. The first-order valence-electron chi connectivity index (χ1n) is 5.41. The van der Waals surface area contributed by atoms with E-state index in [4.69, 9.17) is 5.73 Å². The first-order valence-corrected chi connectivity index (χ1v) is 5.41. The van der Waals surface area contributed by atoms with Crippen LogP contribution in [-0.4, -0.2) is 13.3 Å². The number of aryl methyl sites for hydroxylation is 1. The Labute approximate surface area is 97.1 Å². The lowest BCUT2D eigenvalue weighted by atomic mass is 10.2. The van der Waals surface area contributed by atoms with Gasteiger partial charge in [0.25, 0.3) is 0 Å². The lowest BCUT2D eigenvalue weighted by molar-refractivity contribution is 1.11. The zero-order chi connectivity index (χ0) is 12.0. The van der Waals surface area contributed by atoms with Crippen LogP contribution in [0.15, 0.2) is 35.0 Å². The third kappa shape index (κ3) is 3.77. The second-order valence-electron chi connectivity index (χ2n) is 3.71. The Morgan fingerprint density at radius 2 is 2.19 bits per heavy atom. The SMILES string of the molecule is CC/C(=C\C=NC)Nc1cc(C)cc(N)c1. The lowest BCUT2D eigenvalue weighted by Crippen LogP contribution is -2.00. The first-order chi connectivity index (χ1) is 7.65. The quantitative estimate of drug-likeness (QED) is 0.601. The third-order valence-corrected chi connectivity index (χ3v) is 2.21. The molecule has 0 saturated carbocycles. The van der Waals surface area contributed by atoms with Gasteiger partial charge in [-0.1, -0.05) is 6.92 Å². The number of hydrogen-bond donors (Lipinski definition) is 2. The maximum absolute atomic E-state index is 5.79. The van der Waals surface area contributed by atoms with Crippen molar-refractivity contribution in [3.8, 4) is 0 Å². The summed E-state index contributed by atoms with van der Waals surface area (Å²) < 4.78 is 0. The van der Waals surface area contributed by atoms with E-state index in [1.807, 2.05) is 25.1 Å². The van der Waals surface area contributed by atoms with Crippen molar-refractivity contribution in [3.63, 3.8) is 0 Å². The Kier molecular flexibility index (Phi) is 4.58. The van der Waals surface area contributed by atoms with Crippen LogP contribution in [-0.2, 0) is 0 Å². The van der Waals surface area contributed by atoms with Crippen LogP contribution in [0.25, 0.3) is 0 Å². The third-order valence-electron chi connectivity index (χ3n) is 2.21. The van der Waals surface area contributed by atoms with Gasteiger partial charge in [-0.3, -0.25) is 4.99 Å². The average Bonchev–Trinajstić information content (AvgIpc) is 2.22. The molecule has 1 rings (SSSR count). The number of nitrogens with one attached hydrogen (secondary N) is 1. The molecule has 1 aromatic rings. The molecule has 0 fully saturated rings. The van der Waals surface area contributed by atoms with E-state index in [-0.39, 0.29) is 0 Å². The van der Waals surface area contributed by atoms with Gasteiger partial charge in [0.1, 0.15) is 0 Å². The van der Waals surface area contributed by atoms with Crippen molar-refractivity contribution in [2.75, 3.05) is 18.1 Å². The first kappa shape index (κ1) is 12.3. The molecular formula is C13H19N3. The molecule has 0 heterocycles. The molecule has 0 atom stereocenters. The Bertz CT molecular complexity index is 385. The van der Waals surface area contributed by atoms with Crippen LogP contribution < -0.4 is 11.1 Å². The molecule has 0 unspecified atom stereocenters. The van der Waals surface area contributed by atoms with Gasteiger partial charge in [-0.2, -0.15) is 0 Å². The van der Waals surface area contributed by atoms with E-state index in [1.54, 1.807) is 13.3 Å². The number of nitrogens with two attached hydrogens (primary N) is 1. The van der Waals surface area contributed by atoms with Crippen molar-refractivity contribution in [1.29, 1.82) is 0 Å². The topological polar surface area (TPSA) is 50.4 Å². The monoisotopic (exact) mass is 217 g/mol. The standard InChI is InChI=1S/C13H19N3/c1-4-12(5-6-15-3)16-13-8-10(2)7-11(14)9-13/h5-9,16H,4,14H2,1-3H3/b12-5+,15-6?. The molecule has 0 amide bonds. The number of benzene rings is 1. The predicted octanol–water partition coefficient (Wildman–Crippen LogP) is 2.98. The van der Waals surface area contributed by atoms with Gasteiger partial charge in [-0.05, 0) is 43.2 Å². The minimum atomic E-state index is 0.780. The minimum absolute atomic E-state index is 0.780. The number of allylic oxidation sites excluding steroid dienone is 2. The van der Waals surface area contributed by atoms with Crippen LogP contribution in [0.2, 0.25) is 0 Å². The highest BCUT2D eigenvalue weighted by Crippen LogP contribution is 2.18. The second kappa shape index (κ2) is 5.95. The number of aliphatic imine (C=N–C) groups is 1. The summed E-state index contributed by atoms with van der Waals surface area (Å²) in [5, 5.41) is 3.34. The average molecular weight is 217 g/mol. The van der Waals surface area contributed by atoms with Crippen molar-refractivity contribution < 1.29 is 0 Å². The Balaban J connectivity index is 2.85. The summed E-state index contributed by atoms with van der Waals surface area (Å²) in [6, 6.07) is 5.95. The maximum Gasteiger partial charge on any atom is 0.0405 e. The van der Waals surface area contributed by atoms with Crippen LogP contribution in [0.4, 0.5) is 11.4 Å². The zero-order valence-corrected chi connectivity index (χ0v) is 10.1. The van der Waals surface area contributed by atoms with E-state index < -0.39 is 0 Å². The Morgan fingerprint density at radius 3 is 2.75 bits per heavy atom. The summed E-state index contributed by atoms with van der Waals surface area (Å²) in [5.41, 5.74) is 9.87. The second-order valence-corrected chi connectivity index (χ2v) is 3.71. The van der Waals surface area contributed by atoms with Crippen LogP contribution in [0.3, 0.4) is 0 Å². The van der Waals surface area contributed by atoms with Gasteiger partial charge in [0.2, 0.25) is 0 Å². The van der Waals surface area contributed by atoms with Crippen LogP contribution in [0, 0.1) is 6.92 Å². The number of nitrogen functional groups attached to an aromatic ring is 1. The minimum Gasteiger partial charge on any atom is -0.399 e. The summed E-state index contributed by atoms with van der Waals surface area (Å²) in [7, 11) is 1.76. The molecule has 0 aliphatic carbocycles. The Morgan fingerprint density at radius 1 is 1.44 bits per heavy atom. The fraction of sp³-hybridized carbons (Fsp3) is 0.308. The van der Waals surface area contributed by atoms with E-state index in [2.05, 4.69) is 23.3 Å². The highest BCUT2D eigenvalue weighted by atomic mass is 14.9. The molecule has 0 aliphatic rings. The number of anilines is 2. The highest BCUT2D eigenvalue weighted by molar-refractivity contribution is 5.73. The van der Waals surface area contributed by atoms with Gasteiger partial charge in [0.15, 0.2) is 0 Å². The van der Waals surface area contributed by atoms with Crippen molar-refractivity contribution in [2.45, 2.75) is 20.3 Å². The van der Waals surface area contributed by atoms with Crippen LogP contribution >= 0.6 is 0 Å². The summed E-state index contributed by atoms with van der Waals surface area (Å²) in [4.78, 5) is 3.93. The Hall–Kier alpha value is -1.77. The van der Waals surface area contributed by atoms with E-state index in [1.165, 1.54) is 0 Å². The zero-order valence-electron chi connectivity index (χ0n) is 10.1. The number of nitrogens with zero attached hydrogens (tertiary/aromatic N) is 1. The number of rotatable bonds is 4.